The van der Waals surface area contributed by atoms with Crippen molar-refractivity contribution in [2.45, 2.75) is 37.1 Å². The molecule has 0 atom stereocenters. The summed E-state index contributed by atoms with van der Waals surface area (Å²) in [7, 11) is -3.39. The minimum atomic E-state index is -3.39. The van der Waals surface area contributed by atoms with Crippen LogP contribution in [0, 0.1) is 11.3 Å². The van der Waals surface area contributed by atoms with Gasteiger partial charge in [0, 0.05) is 12.1 Å². The van der Waals surface area contributed by atoms with Gasteiger partial charge in [-0.3, -0.25) is 0 Å². The fraction of sp³-hybridized carbons (Fsp3) is 0.533. The first-order chi connectivity index (χ1) is 9.93. The Labute approximate surface area is 126 Å². The normalized spacial score (nSPS) is 12.1. The van der Waals surface area contributed by atoms with Crippen LogP contribution < -0.4 is 5.32 Å². The number of rotatable bonds is 8. The second-order valence-electron chi connectivity index (χ2n) is 5.03. The highest BCUT2D eigenvalue weighted by atomic mass is 32.2. The summed E-state index contributed by atoms with van der Waals surface area (Å²) >= 11 is 0. The number of hydrogen-bond donors (Lipinski definition) is 2. The van der Waals surface area contributed by atoms with E-state index in [-0.39, 0.29) is 23.8 Å². The van der Waals surface area contributed by atoms with Gasteiger partial charge in [0.1, 0.15) is 0 Å². The number of nitrogens with one attached hydrogen (secondary N) is 1. The predicted octanol–water partition coefficient (Wildman–Crippen LogP) is 1.47. The van der Waals surface area contributed by atoms with Crippen molar-refractivity contribution in [1.82, 2.24) is 5.32 Å². The molecule has 21 heavy (non-hydrogen) atoms. The van der Waals surface area contributed by atoms with Gasteiger partial charge >= 0.3 is 0 Å². The molecule has 0 amide bonds. The molecule has 0 bridgehead atoms. The fourth-order valence-corrected chi connectivity index (χ4v) is 3.24. The highest BCUT2D eigenvalue weighted by Gasteiger charge is 2.25. The van der Waals surface area contributed by atoms with Gasteiger partial charge in [-0.1, -0.05) is 13.8 Å². The summed E-state index contributed by atoms with van der Waals surface area (Å²) in [5.41, 5.74) is 0.0172. The summed E-state index contributed by atoms with van der Waals surface area (Å²) in [4.78, 5) is 0.214. The maximum absolute atomic E-state index is 12.2. The summed E-state index contributed by atoms with van der Waals surface area (Å²) in [5.74, 6) is -0.0410. The van der Waals surface area contributed by atoms with Crippen LogP contribution in [0.2, 0.25) is 0 Å². The van der Waals surface area contributed by atoms with E-state index in [9.17, 15) is 13.5 Å². The first kappa shape index (κ1) is 17.6. The van der Waals surface area contributed by atoms with E-state index in [0.29, 0.717) is 5.56 Å². The van der Waals surface area contributed by atoms with E-state index < -0.39 is 15.4 Å². The molecule has 1 rings (SSSR count). The van der Waals surface area contributed by atoms with Gasteiger partial charge in [-0.05, 0) is 37.1 Å². The van der Waals surface area contributed by atoms with Crippen LogP contribution >= 0.6 is 0 Å². The first-order valence-corrected chi connectivity index (χ1v) is 8.67. The quantitative estimate of drug-likeness (QED) is 0.759. The van der Waals surface area contributed by atoms with E-state index in [1.807, 2.05) is 19.9 Å². The lowest BCUT2D eigenvalue weighted by molar-refractivity contribution is 0.153. The molecule has 0 aliphatic rings. The zero-order valence-corrected chi connectivity index (χ0v) is 13.3. The third-order valence-electron chi connectivity index (χ3n) is 3.87. The standard InChI is InChI=1S/C15H22N2O3S/c1-3-15(4-2,12-18)17-9-10-21(19,20)14-7-5-13(11-16)6-8-14/h5-8,17-18H,3-4,9-10,12H2,1-2H3. The second-order valence-corrected chi connectivity index (χ2v) is 7.14. The summed E-state index contributed by atoms with van der Waals surface area (Å²) in [6.07, 6.45) is 1.47. The second kappa shape index (κ2) is 7.55. The van der Waals surface area contributed by atoms with Crippen LogP contribution in [0.15, 0.2) is 29.2 Å². The molecule has 5 nitrogen and oxygen atoms in total. The minimum Gasteiger partial charge on any atom is -0.394 e. The predicted molar refractivity (Wildman–Crippen MR) is 81.6 cm³/mol. The molecule has 0 radical (unpaired) electrons. The van der Waals surface area contributed by atoms with Gasteiger partial charge < -0.3 is 10.4 Å². The monoisotopic (exact) mass is 310 g/mol. The molecule has 0 aliphatic carbocycles. The van der Waals surface area contributed by atoms with Gasteiger partial charge in [0.25, 0.3) is 0 Å². The van der Waals surface area contributed by atoms with Crippen molar-refractivity contribution in [2.75, 3.05) is 18.9 Å². The zero-order valence-electron chi connectivity index (χ0n) is 12.5. The van der Waals surface area contributed by atoms with Crippen LogP contribution in [0.25, 0.3) is 0 Å². The van der Waals surface area contributed by atoms with Gasteiger partial charge in [0.05, 0.1) is 28.9 Å². The lowest BCUT2D eigenvalue weighted by atomic mass is 9.94. The van der Waals surface area contributed by atoms with E-state index in [1.54, 1.807) is 0 Å². The Kier molecular flexibility index (Phi) is 6.34. The molecule has 1 aromatic carbocycles. The molecule has 0 aromatic heterocycles. The van der Waals surface area contributed by atoms with E-state index in [1.165, 1.54) is 24.3 Å². The molecule has 0 saturated heterocycles. The SMILES string of the molecule is CCC(CC)(CO)NCCS(=O)(=O)c1ccc(C#N)cc1. The molecule has 2 N–H and O–H groups in total. The fourth-order valence-electron chi connectivity index (χ4n) is 2.08. The van der Waals surface area contributed by atoms with Crippen LogP contribution in [-0.2, 0) is 9.84 Å². The summed E-state index contributed by atoms with van der Waals surface area (Å²) in [6, 6.07) is 7.85. The Balaban J connectivity index is 2.71. The van der Waals surface area contributed by atoms with Crippen molar-refractivity contribution in [1.29, 1.82) is 5.26 Å². The van der Waals surface area contributed by atoms with Gasteiger partial charge in [0.15, 0.2) is 9.84 Å². The zero-order chi connectivity index (χ0) is 15.9. The lowest BCUT2D eigenvalue weighted by Gasteiger charge is -2.30. The summed E-state index contributed by atoms with van der Waals surface area (Å²) in [5, 5.41) is 21.3. The number of benzene rings is 1. The molecular weight excluding hydrogens is 288 g/mol. The number of aliphatic hydroxyl groups excluding tert-OH is 1. The molecule has 0 fully saturated rings. The summed E-state index contributed by atoms with van der Waals surface area (Å²) in [6.45, 7) is 4.19. The first-order valence-electron chi connectivity index (χ1n) is 7.02. The molecule has 116 valence electrons. The molecule has 6 heteroatoms. The average molecular weight is 310 g/mol. The highest BCUT2D eigenvalue weighted by Crippen LogP contribution is 2.15. The Bertz CT molecular complexity index is 576. The van der Waals surface area contributed by atoms with Gasteiger partial charge in [-0.15, -0.1) is 0 Å². The Morgan fingerprint density at radius 1 is 1.24 bits per heavy atom. The largest absolute Gasteiger partial charge is 0.394 e. The van der Waals surface area contributed by atoms with Crippen LogP contribution in [-0.4, -0.2) is 38.0 Å². The molecule has 0 unspecified atom stereocenters. The Hall–Kier alpha value is -1.42. The van der Waals surface area contributed by atoms with E-state index in [0.717, 1.165) is 12.8 Å². The maximum atomic E-state index is 12.2. The molecule has 1 aromatic rings. The van der Waals surface area contributed by atoms with Gasteiger partial charge in [0.2, 0.25) is 0 Å². The topological polar surface area (TPSA) is 90.2 Å². The molecule has 0 saturated carbocycles. The minimum absolute atomic E-state index is 0.0170. The van der Waals surface area contributed by atoms with Crippen molar-refractivity contribution >= 4 is 9.84 Å². The average Bonchev–Trinajstić information content (AvgIpc) is 2.52. The lowest BCUT2D eigenvalue weighted by Crippen LogP contribution is -2.49. The third-order valence-corrected chi connectivity index (χ3v) is 5.60. The van der Waals surface area contributed by atoms with E-state index >= 15 is 0 Å². The Morgan fingerprint density at radius 2 is 1.81 bits per heavy atom. The number of aliphatic hydroxyl groups is 1. The van der Waals surface area contributed by atoms with Crippen LogP contribution in [0.3, 0.4) is 0 Å². The van der Waals surface area contributed by atoms with E-state index in [2.05, 4.69) is 5.32 Å². The van der Waals surface area contributed by atoms with Crippen LogP contribution in [0.4, 0.5) is 0 Å². The van der Waals surface area contributed by atoms with Crippen LogP contribution in [0.5, 0.6) is 0 Å². The molecule has 0 spiro atoms. The molecular formula is C15H22N2O3S. The van der Waals surface area contributed by atoms with Crippen molar-refractivity contribution < 1.29 is 13.5 Å². The maximum Gasteiger partial charge on any atom is 0.179 e. The van der Waals surface area contributed by atoms with Crippen LogP contribution in [0.1, 0.15) is 32.3 Å². The van der Waals surface area contributed by atoms with Crippen molar-refractivity contribution in [3.8, 4) is 6.07 Å². The van der Waals surface area contributed by atoms with Crippen molar-refractivity contribution in [2.24, 2.45) is 0 Å². The van der Waals surface area contributed by atoms with Crippen molar-refractivity contribution in [3.63, 3.8) is 0 Å². The third kappa shape index (κ3) is 4.53. The van der Waals surface area contributed by atoms with Crippen molar-refractivity contribution in [3.05, 3.63) is 29.8 Å². The Morgan fingerprint density at radius 3 is 2.24 bits per heavy atom. The van der Waals surface area contributed by atoms with Gasteiger partial charge in [-0.25, -0.2) is 8.42 Å². The highest BCUT2D eigenvalue weighted by molar-refractivity contribution is 7.91. The number of sulfone groups is 1. The smallest absolute Gasteiger partial charge is 0.179 e. The molecule has 0 aliphatic heterocycles. The number of nitriles is 1. The number of nitrogens with zero attached hydrogens (tertiary/aromatic N) is 1. The molecule has 0 heterocycles. The number of hydrogen-bond acceptors (Lipinski definition) is 5. The van der Waals surface area contributed by atoms with E-state index in [4.69, 9.17) is 5.26 Å². The summed E-state index contributed by atoms with van der Waals surface area (Å²) < 4.78 is 24.4. The van der Waals surface area contributed by atoms with Gasteiger partial charge in [-0.2, -0.15) is 5.26 Å².